The van der Waals surface area contributed by atoms with Crippen molar-refractivity contribution in [3.8, 4) is 0 Å². The molecule has 2 amide bonds. The number of hydrogen-bond acceptors (Lipinski definition) is 3. The third-order valence-electron chi connectivity index (χ3n) is 3.07. The molecule has 1 aliphatic heterocycles. The molecular formula is C14H23F3N2O3. The number of carbonyl (C=O) groups excluding carboxylic acids is 2. The Morgan fingerprint density at radius 3 is 2.45 bits per heavy atom. The lowest BCUT2D eigenvalue weighted by molar-refractivity contribution is -0.144. The summed E-state index contributed by atoms with van der Waals surface area (Å²) in [6.07, 6.45) is -5.23. The fourth-order valence-electron chi connectivity index (χ4n) is 2.14. The Balaban J connectivity index is 2.43. The number of hydrogen-bond donors (Lipinski definition) is 1. The van der Waals surface area contributed by atoms with Gasteiger partial charge < -0.3 is 15.0 Å². The molecule has 0 aromatic heterocycles. The quantitative estimate of drug-likeness (QED) is 0.868. The fraction of sp³-hybridized carbons (Fsp3) is 0.857. The molecule has 0 unspecified atom stereocenters. The van der Waals surface area contributed by atoms with Crippen molar-refractivity contribution in [2.45, 2.75) is 64.3 Å². The largest absolute Gasteiger partial charge is 0.444 e. The lowest BCUT2D eigenvalue weighted by Crippen LogP contribution is -2.50. The van der Waals surface area contributed by atoms with E-state index in [0.29, 0.717) is 19.4 Å². The van der Waals surface area contributed by atoms with Crippen LogP contribution in [0, 0.1) is 0 Å². The first-order valence-electron chi connectivity index (χ1n) is 7.30. The van der Waals surface area contributed by atoms with E-state index in [2.05, 4.69) is 5.32 Å². The van der Waals surface area contributed by atoms with Gasteiger partial charge in [0.2, 0.25) is 5.91 Å². The third kappa shape index (κ3) is 7.51. The molecule has 22 heavy (non-hydrogen) atoms. The van der Waals surface area contributed by atoms with E-state index in [9.17, 15) is 22.8 Å². The van der Waals surface area contributed by atoms with Crippen molar-refractivity contribution in [2.75, 3.05) is 13.1 Å². The van der Waals surface area contributed by atoms with Gasteiger partial charge in [0.1, 0.15) is 5.60 Å². The fourth-order valence-corrected chi connectivity index (χ4v) is 2.14. The topological polar surface area (TPSA) is 58.6 Å². The van der Waals surface area contributed by atoms with Gasteiger partial charge in [0.25, 0.3) is 0 Å². The molecule has 128 valence electrons. The number of rotatable bonds is 3. The van der Waals surface area contributed by atoms with Crippen LogP contribution in [0.15, 0.2) is 0 Å². The van der Waals surface area contributed by atoms with Crippen LogP contribution < -0.4 is 5.32 Å². The molecular weight excluding hydrogens is 301 g/mol. The lowest BCUT2D eigenvalue weighted by Gasteiger charge is -2.34. The molecule has 1 saturated heterocycles. The normalized spacial score (nSPS) is 19.7. The SMILES string of the molecule is CC(C)(C)OC(=O)N1CCC[C@H](NC(=O)CCC(F)(F)F)C1. The minimum atomic E-state index is -4.34. The zero-order chi connectivity index (χ0) is 17.0. The molecule has 0 aromatic rings. The highest BCUT2D eigenvalue weighted by molar-refractivity contribution is 5.76. The Morgan fingerprint density at radius 2 is 1.91 bits per heavy atom. The Morgan fingerprint density at radius 1 is 1.27 bits per heavy atom. The summed E-state index contributed by atoms with van der Waals surface area (Å²) in [5, 5.41) is 2.55. The van der Waals surface area contributed by atoms with Crippen molar-refractivity contribution >= 4 is 12.0 Å². The molecule has 0 aromatic carbocycles. The van der Waals surface area contributed by atoms with Gasteiger partial charge in [0, 0.05) is 25.6 Å². The van der Waals surface area contributed by atoms with E-state index in [1.54, 1.807) is 20.8 Å². The number of carbonyl (C=O) groups is 2. The van der Waals surface area contributed by atoms with Crippen LogP contribution in [0.5, 0.6) is 0 Å². The Hall–Kier alpha value is -1.47. The van der Waals surface area contributed by atoms with Gasteiger partial charge in [-0.05, 0) is 33.6 Å². The zero-order valence-corrected chi connectivity index (χ0v) is 13.1. The van der Waals surface area contributed by atoms with E-state index >= 15 is 0 Å². The Kier molecular flexibility index (Phi) is 6.08. The maximum Gasteiger partial charge on any atom is 0.410 e. The first-order chi connectivity index (χ1) is 9.96. The maximum atomic E-state index is 12.1. The number of alkyl halides is 3. The second-order valence-corrected chi connectivity index (χ2v) is 6.45. The third-order valence-corrected chi connectivity index (χ3v) is 3.07. The molecule has 5 nitrogen and oxygen atoms in total. The van der Waals surface area contributed by atoms with Crippen molar-refractivity contribution in [1.29, 1.82) is 0 Å². The number of nitrogens with zero attached hydrogens (tertiary/aromatic N) is 1. The van der Waals surface area contributed by atoms with Crippen LogP contribution in [-0.2, 0) is 9.53 Å². The number of amides is 2. The lowest BCUT2D eigenvalue weighted by atomic mass is 10.1. The molecule has 0 aliphatic carbocycles. The van der Waals surface area contributed by atoms with Gasteiger partial charge in [-0.2, -0.15) is 13.2 Å². The van der Waals surface area contributed by atoms with Crippen molar-refractivity contribution in [3.05, 3.63) is 0 Å². The van der Waals surface area contributed by atoms with Crippen LogP contribution in [0.3, 0.4) is 0 Å². The van der Waals surface area contributed by atoms with Gasteiger partial charge in [-0.3, -0.25) is 4.79 Å². The van der Waals surface area contributed by atoms with Crippen molar-refractivity contribution in [2.24, 2.45) is 0 Å². The number of piperidine rings is 1. The maximum absolute atomic E-state index is 12.1. The van der Waals surface area contributed by atoms with Crippen LogP contribution in [0.25, 0.3) is 0 Å². The highest BCUT2D eigenvalue weighted by Crippen LogP contribution is 2.21. The summed E-state index contributed by atoms with van der Waals surface area (Å²) in [7, 11) is 0. The van der Waals surface area contributed by atoms with Crippen LogP contribution in [-0.4, -0.2) is 47.8 Å². The molecule has 1 atom stereocenters. The van der Waals surface area contributed by atoms with Crippen LogP contribution in [0.1, 0.15) is 46.5 Å². The van der Waals surface area contributed by atoms with Crippen molar-refractivity contribution in [1.82, 2.24) is 10.2 Å². The average Bonchev–Trinajstić information content (AvgIpc) is 2.34. The number of halogens is 3. The molecule has 1 rings (SSSR count). The van der Waals surface area contributed by atoms with E-state index in [4.69, 9.17) is 4.74 Å². The van der Waals surface area contributed by atoms with E-state index in [1.165, 1.54) is 4.90 Å². The van der Waals surface area contributed by atoms with Gasteiger partial charge in [0.15, 0.2) is 0 Å². The summed E-state index contributed by atoms with van der Waals surface area (Å²) in [6, 6.07) is -0.331. The monoisotopic (exact) mass is 324 g/mol. The van der Waals surface area contributed by atoms with Gasteiger partial charge in [0.05, 0.1) is 6.42 Å². The first-order valence-corrected chi connectivity index (χ1v) is 7.30. The summed E-state index contributed by atoms with van der Waals surface area (Å²) in [5.41, 5.74) is -0.611. The summed E-state index contributed by atoms with van der Waals surface area (Å²) >= 11 is 0. The second kappa shape index (κ2) is 7.19. The molecule has 0 saturated carbocycles. The minimum Gasteiger partial charge on any atom is -0.444 e. The minimum absolute atomic E-state index is 0.257. The van der Waals surface area contributed by atoms with Gasteiger partial charge in [-0.1, -0.05) is 0 Å². The van der Waals surface area contributed by atoms with Gasteiger partial charge in [-0.15, -0.1) is 0 Å². The molecule has 1 heterocycles. The van der Waals surface area contributed by atoms with E-state index in [-0.39, 0.29) is 12.6 Å². The molecule has 0 radical (unpaired) electrons. The summed E-state index contributed by atoms with van der Waals surface area (Å²) in [5.74, 6) is -0.645. The predicted octanol–water partition coefficient (Wildman–Crippen LogP) is 2.84. The van der Waals surface area contributed by atoms with Crippen LogP contribution in [0.4, 0.5) is 18.0 Å². The van der Waals surface area contributed by atoms with E-state index < -0.39 is 36.6 Å². The smallest absolute Gasteiger partial charge is 0.410 e. The molecule has 1 N–H and O–H groups in total. The Bertz CT molecular complexity index is 405. The van der Waals surface area contributed by atoms with Crippen molar-refractivity contribution < 1.29 is 27.5 Å². The predicted molar refractivity (Wildman–Crippen MR) is 74.3 cm³/mol. The molecule has 0 bridgehead atoms. The highest BCUT2D eigenvalue weighted by atomic mass is 19.4. The second-order valence-electron chi connectivity index (χ2n) is 6.45. The van der Waals surface area contributed by atoms with Crippen molar-refractivity contribution in [3.63, 3.8) is 0 Å². The molecule has 8 heteroatoms. The van der Waals surface area contributed by atoms with Crippen LogP contribution in [0.2, 0.25) is 0 Å². The first kappa shape index (κ1) is 18.6. The van der Waals surface area contributed by atoms with E-state index in [1.807, 2.05) is 0 Å². The standard InChI is InChI=1S/C14H23F3N2O3/c1-13(2,3)22-12(21)19-8-4-5-10(9-19)18-11(20)6-7-14(15,16)17/h10H,4-9H2,1-3H3,(H,18,20)/t10-/m0/s1. The summed E-state index contributed by atoms with van der Waals surface area (Å²) < 4.78 is 41.5. The summed E-state index contributed by atoms with van der Waals surface area (Å²) in [4.78, 5) is 24.9. The van der Waals surface area contributed by atoms with E-state index in [0.717, 1.165) is 0 Å². The molecule has 1 aliphatic rings. The zero-order valence-electron chi connectivity index (χ0n) is 13.1. The average molecular weight is 324 g/mol. The number of nitrogens with one attached hydrogen (secondary N) is 1. The number of ether oxygens (including phenoxy) is 1. The van der Waals surface area contributed by atoms with Gasteiger partial charge >= 0.3 is 12.3 Å². The van der Waals surface area contributed by atoms with Crippen LogP contribution >= 0.6 is 0 Å². The summed E-state index contributed by atoms with van der Waals surface area (Å²) in [6.45, 7) is 6.04. The molecule has 0 spiro atoms. The molecule has 1 fully saturated rings. The van der Waals surface area contributed by atoms with Gasteiger partial charge in [-0.25, -0.2) is 4.79 Å². The Labute approximate surface area is 128 Å². The highest BCUT2D eigenvalue weighted by Gasteiger charge is 2.30. The number of likely N-dealkylation sites (tertiary alicyclic amines) is 1.